The average molecular weight is 208 g/mol. The molecule has 0 fully saturated rings. The van der Waals surface area contributed by atoms with Crippen molar-refractivity contribution in [2.45, 2.75) is 19.4 Å². The molecule has 15 heavy (non-hydrogen) atoms. The number of aliphatic hydroxyl groups excluding tert-OH is 1. The summed E-state index contributed by atoms with van der Waals surface area (Å²) in [4.78, 5) is 10.1. The minimum atomic E-state index is -1.05. The average Bonchev–Trinajstić information content (AvgIpc) is 2.20. The van der Waals surface area contributed by atoms with Crippen LogP contribution in [-0.2, 0) is 4.79 Å². The van der Waals surface area contributed by atoms with Crippen LogP contribution in [0.2, 0.25) is 0 Å². The van der Waals surface area contributed by atoms with E-state index in [-0.39, 0.29) is 0 Å². The summed E-state index contributed by atoms with van der Waals surface area (Å²) in [5.41, 5.74) is 0. The molecule has 3 heteroatoms. The van der Waals surface area contributed by atoms with Crippen LogP contribution in [0, 0.1) is 0 Å². The van der Waals surface area contributed by atoms with Gasteiger partial charge in [0, 0.05) is 6.08 Å². The van der Waals surface area contributed by atoms with Crippen molar-refractivity contribution < 1.29 is 15.0 Å². The van der Waals surface area contributed by atoms with E-state index in [1.807, 2.05) is 31.2 Å². The second-order valence-electron chi connectivity index (χ2n) is 2.84. The van der Waals surface area contributed by atoms with Gasteiger partial charge in [0.2, 0.25) is 0 Å². The molecule has 0 aliphatic carbocycles. The highest BCUT2D eigenvalue weighted by atomic mass is 16.4. The second kappa shape index (κ2) is 8.97. The topological polar surface area (TPSA) is 57.5 Å². The maximum Gasteiger partial charge on any atom is 0.328 e. The zero-order chi connectivity index (χ0) is 11.5. The first-order chi connectivity index (χ1) is 7.16. The summed E-state index contributed by atoms with van der Waals surface area (Å²) in [6.45, 7) is 1.93. The molecule has 0 saturated heterocycles. The minimum Gasteiger partial charge on any atom is -0.478 e. The third kappa shape index (κ3) is 10.3. The summed E-state index contributed by atoms with van der Waals surface area (Å²) < 4.78 is 0. The van der Waals surface area contributed by atoms with Gasteiger partial charge in [-0.3, -0.25) is 0 Å². The zero-order valence-corrected chi connectivity index (χ0v) is 8.71. The summed E-state index contributed by atoms with van der Waals surface area (Å²) in [5, 5.41) is 17.6. The Balaban J connectivity index is 3.79. The van der Waals surface area contributed by atoms with Gasteiger partial charge in [-0.05, 0) is 19.4 Å². The lowest BCUT2D eigenvalue weighted by atomic mass is 10.2. The van der Waals surface area contributed by atoms with Crippen LogP contribution in [0.5, 0.6) is 0 Å². The number of aliphatic carboxylic acids is 1. The molecule has 0 aliphatic rings. The Morgan fingerprint density at radius 1 is 1.27 bits per heavy atom. The first kappa shape index (κ1) is 13.4. The van der Waals surface area contributed by atoms with Crippen LogP contribution < -0.4 is 0 Å². The third-order valence-electron chi connectivity index (χ3n) is 1.50. The van der Waals surface area contributed by atoms with Crippen molar-refractivity contribution in [3.05, 3.63) is 48.6 Å². The number of hydrogen-bond donors (Lipinski definition) is 2. The monoisotopic (exact) mass is 208 g/mol. The highest BCUT2D eigenvalue weighted by molar-refractivity contribution is 5.79. The molecular formula is C12H16O3. The van der Waals surface area contributed by atoms with Crippen molar-refractivity contribution in [1.82, 2.24) is 0 Å². The van der Waals surface area contributed by atoms with Crippen molar-refractivity contribution in [2.75, 3.05) is 0 Å². The molecule has 1 atom stereocenters. The highest BCUT2D eigenvalue weighted by Crippen LogP contribution is 1.95. The van der Waals surface area contributed by atoms with Crippen LogP contribution in [0.15, 0.2) is 48.6 Å². The van der Waals surface area contributed by atoms with Crippen molar-refractivity contribution in [3.8, 4) is 0 Å². The van der Waals surface area contributed by atoms with Crippen LogP contribution in [0.25, 0.3) is 0 Å². The molecule has 0 saturated carbocycles. The number of aliphatic hydroxyl groups is 1. The van der Waals surface area contributed by atoms with E-state index >= 15 is 0 Å². The summed E-state index contributed by atoms with van der Waals surface area (Å²) in [6.07, 6.45) is 12.9. The van der Waals surface area contributed by atoms with E-state index in [2.05, 4.69) is 0 Å². The fourth-order valence-corrected chi connectivity index (χ4v) is 0.808. The van der Waals surface area contributed by atoms with Crippen LogP contribution in [-0.4, -0.2) is 22.3 Å². The first-order valence-corrected chi connectivity index (χ1v) is 4.70. The lowest BCUT2D eigenvalue weighted by Crippen LogP contribution is -2.01. The van der Waals surface area contributed by atoms with Gasteiger partial charge in [0.05, 0.1) is 6.10 Å². The van der Waals surface area contributed by atoms with E-state index in [1.165, 1.54) is 6.08 Å². The molecule has 0 heterocycles. The molecule has 0 amide bonds. The fourth-order valence-electron chi connectivity index (χ4n) is 0.808. The molecule has 2 N–H and O–H groups in total. The lowest BCUT2D eigenvalue weighted by Gasteiger charge is -1.97. The van der Waals surface area contributed by atoms with E-state index in [9.17, 15) is 9.90 Å². The Labute approximate surface area is 89.7 Å². The number of allylic oxidation sites excluding steroid dienone is 5. The maximum atomic E-state index is 10.1. The van der Waals surface area contributed by atoms with E-state index < -0.39 is 12.1 Å². The van der Waals surface area contributed by atoms with Gasteiger partial charge in [0.15, 0.2) is 0 Å². The summed E-state index contributed by atoms with van der Waals surface area (Å²) in [5.74, 6) is -1.05. The molecule has 0 spiro atoms. The summed E-state index contributed by atoms with van der Waals surface area (Å²) in [6, 6.07) is 0. The van der Waals surface area contributed by atoms with Crippen molar-refractivity contribution in [3.63, 3.8) is 0 Å². The van der Waals surface area contributed by atoms with Gasteiger partial charge in [-0.2, -0.15) is 0 Å². The third-order valence-corrected chi connectivity index (χ3v) is 1.50. The minimum absolute atomic E-state index is 0.407. The second-order valence-corrected chi connectivity index (χ2v) is 2.84. The SMILES string of the molecule is C/C=C/C=C/C=C/CC(O)/C=C/C(=O)O. The molecule has 0 aromatic rings. The number of rotatable bonds is 6. The van der Waals surface area contributed by atoms with E-state index in [0.717, 1.165) is 6.08 Å². The fraction of sp³-hybridized carbons (Fsp3) is 0.250. The van der Waals surface area contributed by atoms with Gasteiger partial charge in [0.25, 0.3) is 0 Å². The number of carbonyl (C=O) groups is 1. The van der Waals surface area contributed by atoms with Gasteiger partial charge >= 0.3 is 5.97 Å². The van der Waals surface area contributed by atoms with Gasteiger partial charge in [0.1, 0.15) is 0 Å². The molecular weight excluding hydrogens is 192 g/mol. The normalized spacial score (nSPS) is 14.8. The van der Waals surface area contributed by atoms with Crippen LogP contribution in [0.1, 0.15) is 13.3 Å². The van der Waals surface area contributed by atoms with E-state index in [0.29, 0.717) is 6.42 Å². The zero-order valence-electron chi connectivity index (χ0n) is 8.71. The van der Waals surface area contributed by atoms with Crippen LogP contribution >= 0.6 is 0 Å². The first-order valence-electron chi connectivity index (χ1n) is 4.70. The molecule has 0 aromatic heterocycles. The van der Waals surface area contributed by atoms with Gasteiger partial charge in [-0.15, -0.1) is 0 Å². The summed E-state index contributed by atoms with van der Waals surface area (Å²) in [7, 11) is 0. The van der Waals surface area contributed by atoms with Crippen molar-refractivity contribution in [1.29, 1.82) is 0 Å². The molecule has 3 nitrogen and oxygen atoms in total. The van der Waals surface area contributed by atoms with Crippen LogP contribution in [0.3, 0.4) is 0 Å². The Hall–Kier alpha value is -1.61. The van der Waals surface area contributed by atoms with E-state index in [4.69, 9.17) is 5.11 Å². The smallest absolute Gasteiger partial charge is 0.328 e. The molecule has 0 rings (SSSR count). The highest BCUT2D eigenvalue weighted by Gasteiger charge is 1.95. The molecule has 0 aliphatic heterocycles. The molecule has 1 unspecified atom stereocenters. The molecule has 0 radical (unpaired) electrons. The van der Waals surface area contributed by atoms with E-state index in [1.54, 1.807) is 12.2 Å². The largest absolute Gasteiger partial charge is 0.478 e. The van der Waals surface area contributed by atoms with Crippen molar-refractivity contribution >= 4 is 5.97 Å². The van der Waals surface area contributed by atoms with Crippen molar-refractivity contribution in [2.24, 2.45) is 0 Å². The Morgan fingerprint density at radius 3 is 2.53 bits per heavy atom. The summed E-state index contributed by atoms with van der Waals surface area (Å²) >= 11 is 0. The molecule has 0 bridgehead atoms. The lowest BCUT2D eigenvalue weighted by molar-refractivity contribution is -0.131. The predicted molar refractivity (Wildman–Crippen MR) is 60.5 cm³/mol. The standard InChI is InChI=1S/C12H16O3/c1-2-3-4-5-6-7-8-11(13)9-10-12(14)15/h2-7,9-11,13H,8H2,1H3,(H,14,15)/b3-2+,5-4+,7-6+,10-9+. The quantitative estimate of drug-likeness (QED) is 0.519. The molecule has 82 valence electrons. The molecule has 0 aromatic carbocycles. The number of hydrogen-bond acceptors (Lipinski definition) is 2. The van der Waals surface area contributed by atoms with Gasteiger partial charge in [-0.1, -0.05) is 36.5 Å². The van der Waals surface area contributed by atoms with Gasteiger partial charge in [-0.25, -0.2) is 4.79 Å². The maximum absolute atomic E-state index is 10.1. The number of carboxylic acids is 1. The Bertz CT molecular complexity index is 285. The number of carboxylic acid groups (broad SMARTS) is 1. The van der Waals surface area contributed by atoms with Gasteiger partial charge < -0.3 is 10.2 Å². The Kier molecular flexibility index (Phi) is 8.00. The van der Waals surface area contributed by atoms with Crippen LogP contribution in [0.4, 0.5) is 0 Å². The Morgan fingerprint density at radius 2 is 1.93 bits per heavy atom. The predicted octanol–water partition coefficient (Wildman–Crippen LogP) is 2.07.